The van der Waals surface area contributed by atoms with Crippen molar-refractivity contribution in [2.24, 2.45) is 35.3 Å². The van der Waals surface area contributed by atoms with E-state index in [4.69, 9.17) is 20.2 Å². The van der Waals surface area contributed by atoms with Crippen molar-refractivity contribution in [2.45, 2.75) is 81.8 Å². The molecule has 7 rings (SSSR count). The summed E-state index contributed by atoms with van der Waals surface area (Å²) in [5.74, 6) is 1.66. The van der Waals surface area contributed by atoms with Crippen molar-refractivity contribution in [1.82, 2.24) is 10.6 Å². The van der Waals surface area contributed by atoms with Gasteiger partial charge < -0.3 is 21.1 Å². The fraction of sp³-hybridized carbons (Fsp3) is 0.588. The van der Waals surface area contributed by atoms with Crippen LogP contribution in [0.1, 0.15) is 81.0 Å². The van der Waals surface area contributed by atoms with Crippen LogP contribution < -0.4 is 16.4 Å². The second kappa shape index (κ2) is 12.8. The van der Waals surface area contributed by atoms with E-state index in [2.05, 4.69) is 10.6 Å². The topological polar surface area (TPSA) is 112 Å². The summed E-state index contributed by atoms with van der Waals surface area (Å²) in [6, 6.07) is 16.8. The molecule has 0 aromatic heterocycles. The quantitative estimate of drug-likeness (QED) is 0.198. The van der Waals surface area contributed by atoms with Gasteiger partial charge in [-0.1, -0.05) is 60.7 Å². The number of methoxy groups -OCH3 is 1. The third kappa shape index (κ3) is 6.13. The van der Waals surface area contributed by atoms with Gasteiger partial charge in [0.05, 0.1) is 6.10 Å². The fourth-order valence-electron chi connectivity index (χ4n) is 8.26. The van der Waals surface area contributed by atoms with Crippen molar-refractivity contribution >= 4 is 11.8 Å². The Morgan fingerprint density at radius 3 is 1.98 bits per heavy atom. The Labute approximate surface area is 249 Å². The molecule has 0 aliphatic heterocycles. The number of rotatable bonds is 11. The molecular formula is C34H45N3O5. The van der Waals surface area contributed by atoms with Gasteiger partial charge in [0.2, 0.25) is 17.6 Å². The fourth-order valence-corrected chi connectivity index (χ4v) is 8.26. The van der Waals surface area contributed by atoms with Gasteiger partial charge in [0.15, 0.2) is 0 Å². The number of carbonyl (C=O) groups is 2. The second-order valence-corrected chi connectivity index (χ2v) is 13.0. The molecule has 5 saturated carbocycles. The van der Waals surface area contributed by atoms with E-state index in [9.17, 15) is 9.59 Å². The molecule has 2 atom stereocenters. The molecule has 8 heteroatoms. The van der Waals surface area contributed by atoms with Gasteiger partial charge in [-0.15, -0.1) is 0 Å². The molecule has 0 radical (unpaired) electrons. The van der Waals surface area contributed by atoms with Crippen molar-refractivity contribution < 1.29 is 24.1 Å². The first kappa shape index (κ1) is 29.3. The summed E-state index contributed by atoms with van der Waals surface area (Å²) < 4.78 is 6.09. The molecule has 2 aromatic carbocycles. The van der Waals surface area contributed by atoms with E-state index in [1.54, 1.807) is 7.11 Å². The molecule has 0 spiro atoms. The summed E-state index contributed by atoms with van der Waals surface area (Å²) in [5, 5.41) is 5.98. The number of ether oxygens (including phenoxy) is 1. The van der Waals surface area contributed by atoms with Crippen LogP contribution in [0.15, 0.2) is 60.7 Å². The Hall–Kier alpha value is -2.78. The van der Waals surface area contributed by atoms with Gasteiger partial charge in [0, 0.05) is 25.5 Å². The maximum absolute atomic E-state index is 13.4. The van der Waals surface area contributed by atoms with Crippen LogP contribution in [0.2, 0.25) is 0 Å². The molecule has 5 aliphatic carbocycles. The molecule has 2 aromatic rings. The van der Waals surface area contributed by atoms with Crippen LogP contribution in [-0.2, 0) is 24.1 Å². The summed E-state index contributed by atoms with van der Waals surface area (Å²) in [7, 11) is 1.78. The molecule has 8 nitrogen and oxygen atoms in total. The summed E-state index contributed by atoms with van der Waals surface area (Å²) in [6.07, 6.45) is 9.83. The zero-order valence-electron chi connectivity index (χ0n) is 24.6. The molecule has 0 heterocycles. The van der Waals surface area contributed by atoms with Crippen LogP contribution in [-0.4, -0.2) is 37.4 Å². The van der Waals surface area contributed by atoms with Crippen LogP contribution in [0.25, 0.3) is 0 Å². The number of nitrogens with one attached hydrogen (secondary N) is 2. The monoisotopic (exact) mass is 575 g/mol. The zero-order valence-corrected chi connectivity index (χ0v) is 24.6. The summed E-state index contributed by atoms with van der Waals surface area (Å²) >= 11 is 0. The van der Waals surface area contributed by atoms with Gasteiger partial charge in [0.1, 0.15) is 12.1 Å². The van der Waals surface area contributed by atoms with Crippen LogP contribution >= 0.6 is 0 Å². The number of hydrogen-bond donors (Lipinski definition) is 3. The SMILES string of the molecule is COC1(OOC2CCC(CNC(=O)[C@@H](NC(=O)[C@@H](N)c3ccccc3)c3ccccc3)CC2)C2CC3CC(C2)CC1C3. The molecular weight excluding hydrogens is 530 g/mol. The largest absolute Gasteiger partial charge is 0.354 e. The lowest BCUT2D eigenvalue weighted by atomic mass is 9.53. The zero-order chi connectivity index (χ0) is 29.1. The Balaban J connectivity index is 0.992. The highest BCUT2D eigenvalue weighted by Crippen LogP contribution is 2.60. The van der Waals surface area contributed by atoms with Crippen molar-refractivity contribution in [3.8, 4) is 0 Å². The molecule has 5 aliphatic rings. The van der Waals surface area contributed by atoms with E-state index in [1.807, 2.05) is 60.7 Å². The van der Waals surface area contributed by atoms with Gasteiger partial charge in [-0.3, -0.25) is 9.59 Å². The minimum atomic E-state index is -0.862. The van der Waals surface area contributed by atoms with Gasteiger partial charge in [-0.05, 0) is 86.7 Å². The number of amides is 2. The lowest BCUT2D eigenvalue weighted by Crippen LogP contribution is -2.60. The van der Waals surface area contributed by atoms with E-state index in [-0.39, 0.29) is 12.0 Å². The molecule has 5 fully saturated rings. The number of carbonyl (C=O) groups excluding carboxylic acids is 2. The average molecular weight is 576 g/mol. The van der Waals surface area contributed by atoms with Crippen LogP contribution in [0.3, 0.4) is 0 Å². The van der Waals surface area contributed by atoms with E-state index in [0.717, 1.165) is 43.1 Å². The van der Waals surface area contributed by atoms with E-state index in [0.29, 0.717) is 29.9 Å². The second-order valence-electron chi connectivity index (χ2n) is 13.0. The molecule has 42 heavy (non-hydrogen) atoms. The van der Waals surface area contributed by atoms with Gasteiger partial charge in [-0.2, -0.15) is 0 Å². The van der Waals surface area contributed by atoms with Crippen LogP contribution in [0.5, 0.6) is 0 Å². The molecule has 2 amide bonds. The first-order valence-corrected chi connectivity index (χ1v) is 15.8. The maximum Gasteiger partial charge on any atom is 0.247 e. The van der Waals surface area contributed by atoms with Gasteiger partial charge in [-0.25, -0.2) is 9.78 Å². The van der Waals surface area contributed by atoms with Crippen molar-refractivity contribution in [1.29, 1.82) is 0 Å². The average Bonchev–Trinajstić information content (AvgIpc) is 3.03. The summed E-state index contributed by atoms with van der Waals surface area (Å²) in [4.78, 5) is 38.8. The van der Waals surface area contributed by atoms with Crippen molar-refractivity contribution in [3.05, 3.63) is 71.8 Å². The molecule has 4 bridgehead atoms. The Morgan fingerprint density at radius 1 is 0.833 bits per heavy atom. The van der Waals surface area contributed by atoms with Crippen LogP contribution in [0, 0.1) is 29.6 Å². The van der Waals surface area contributed by atoms with E-state index < -0.39 is 23.8 Å². The minimum absolute atomic E-state index is 0.0389. The standard InChI is InChI=1S/C34H45N3O5/c1-40-34(27-17-23-16-24(19-27)20-28(34)18-23)42-41-29-14-12-22(13-15-29)21-36-33(39)31(26-10-6-3-7-11-26)37-32(38)30(35)25-8-4-2-5-9-25/h2-11,22-24,27-31H,12-21,35H2,1H3,(H,36,39)(H,37,38)/t22?,23?,24?,27?,28?,29?,30-,31-,34?/m0/s1. The highest BCUT2D eigenvalue weighted by Gasteiger charge is 2.60. The molecule has 4 N–H and O–H groups in total. The highest BCUT2D eigenvalue weighted by molar-refractivity contribution is 5.91. The molecule has 0 unspecified atom stereocenters. The van der Waals surface area contributed by atoms with Crippen molar-refractivity contribution in [2.75, 3.05) is 13.7 Å². The molecule has 226 valence electrons. The lowest BCUT2D eigenvalue weighted by molar-refractivity contribution is -0.485. The normalized spacial score (nSPS) is 33.1. The number of benzene rings is 2. The third-order valence-electron chi connectivity index (χ3n) is 10.4. The Morgan fingerprint density at radius 2 is 1.40 bits per heavy atom. The molecule has 0 saturated heterocycles. The predicted octanol–water partition coefficient (Wildman–Crippen LogP) is 4.97. The van der Waals surface area contributed by atoms with Crippen LogP contribution in [0.4, 0.5) is 0 Å². The van der Waals surface area contributed by atoms with Crippen molar-refractivity contribution in [3.63, 3.8) is 0 Å². The lowest BCUT2D eigenvalue weighted by Gasteiger charge is -2.58. The van der Waals surface area contributed by atoms with E-state index in [1.165, 1.54) is 32.1 Å². The highest BCUT2D eigenvalue weighted by atomic mass is 17.2. The summed E-state index contributed by atoms with van der Waals surface area (Å²) in [5.41, 5.74) is 7.64. The Bertz CT molecular complexity index is 1170. The summed E-state index contributed by atoms with van der Waals surface area (Å²) in [6.45, 7) is 0.547. The smallest absolute Gasteiger partial charge is 0.247 e. The minimum Gasteiger partial charge on any atom is -0.354 e. The van der Waals surface area contributed by atoms with E-state index >= 15 is 0 Å². The number of nitrogens with two attached hydrogens (primary N) is 1. The first-order valence-electron chi connectivity index (χ1n) is 15.8. The van der Waals surface area contributed by atoms with Gasteiger partial charge >= 0.3 is 0 Å². The Kier molecular flexibility index (Phi) is 8.96. The number of hydrogen-bond acceptors (Lipinski definition) is 6. The van der Waals surface area contributed by atoms with Gasteiger partial charge in [0.25, 0.3) is 0 Å². The first-order chi connectivity index (χ1) is 20.4. The predicted molar refractivity (Wildman–Crippen MR) is 158 cm³/mol. The third-order valence-corrected chi connectivity index (χ3v) is 10.4. The maximum atomic E-state index is 13.4.